The molecule has 0 N–H and O–H groups in total. The second-order valence-electron chi connectivity index (χ2n) is 5.56. The van der Waals surface area contributed by atoms with Gasteiger partial charge in [0.1, 0.15) is 12.4 Å². The third-order valence-electron chi connectivity index (χ3n) is 3.79. The van der Waals surface area contributed by atoms with Gasteiger partial charge in [0.05, 0.1) is 16.1 Å². The first-order chi connectivity index (χ1) is 11.0. The number of fused-ring (bicyclic) bond motifs is 1. The van der Waals surface area contributed by atoms with Gasteiger partial charge in [-0.15, -0.1) is 0 Å². The van der Waals surface area contributed by atoms with E-state index < -0.39 is 4.92 Å². The van der Waals surface area contributed by atoms with E-state index in [1.165, 1.54) is 6.07 Å². The summed E-state index contributed by atoms with van der Waals surface area (Å²) in [6.07, 6.45) is 1.54. The highest BCUT2D eigenvalue weighted by atomic mass is 16.6. The molecule has 23 heavy (non-hydrogen) atoms. The van der Waals surface area contributed by atoms with Crippen molar-refractivity contribution in [3.05, 3.63) is 74.3 Å². The highest BCUT2D eigenvalue weighted by Gasteiger charge is 2.26. The Bertz CT molecular complexity index is 852. The molecule has 2 aromatic carbocycles. The van der Waals surface area contributed by atoms with Crippen molar-refractivity contribution in [2.24, 2.45) is 0 Å². The summed E-state index contributed by atoms with van der Waals surface area (Å²) >= 11 is 0. The molecule has 0 saturated heterocycles. The number of aryl methyl sites for hydroxylation is 2. The van der Waals surface area contributed by atoms with Gasteiger partial charge in [0.2, 0.25) is 0 Å². The second kappa shape index (κ2) is 5.68. The molecule has 0 atom stereocenters. The summed E-state index contributed by atoms with van der Waals surface area (Å²) in [5.74, 6) is 0.455. The van der Waals surface area contributed by atoms with E-state index in [1.54, 1.807) is 30.3 Å². The van der Waals surface area contributed by atoms with Crippen LogP contribution in [0.15, 0.2) is 42.0 Å². The molecule has 1 heterocycles. The summed E-state index contributed by atoms with van der Waals surface area (Å²) in [6, 6.07) is 10.1. The number of ketones is 1. The lowest BCUT2D eigenvalue weighted by Gasteiger charge is -2.21. The molecule has 0 aromatic heterocycles. The minimum Gasteiger partial charge on any atom is -0.488 e. The molecule has 5 nitrogen and oxygen atoms in total. The monoisotopic (exact) mass is 309 g/mol. The minimum atomic E-state index is -0.456. The average molecular weight is 309 g/mol. The molecule has 0 spiro atoms. The first kappa shape index (κ1) is 15.0. The van der Waals surface area contributed by atoms with E-state index in [-0.39, 0.29) is 18.1 Å². The van der Waals surface area contributed by atoms with Gasteiger partial charge in [-0.2, -0.15) is 0 Å². The lowest BCUT2D eigenvalue weighted by atomic mass is 9.94. The number of hydrogen-bond acceptors (Lipinski definition) is 4. The molecule has 0 saturated carbocycles. The van der Waals surface area contributed by atoms with Gasteiger partial charge in [0.25, 0.3) is 5.69 Å². The summed E-state index contributed by atoms with van der Waals surface area (Å²) in [4.78, 5) is 23.3. The Balaban J connectivity index is 2.07. The Morgan fingerprint density at radius 1 is 1.22 bits per heavy atom. The zero-order chi connectivity index (χ0) is 16.6. The number of rotatable bonds is 2. The van der Waals surface area contributed by atoms with Crippen LogP contribution in [0.4, 0.5) is 5.69 Å². The van der Waals surface area contributed by atoms with Crippen LogP contribution in [-0.4, -0.2) is 17.3 Å². The van der Waals surface area contributed by atoms with Gasteiger partial charge in [-0.05, 0) is 43.2 Å². The van der Waals surface area contributed by atoms with Crippen molar-refractivity contribution < 1.29 is 14.5 Å². The minimum absolute atomic E-state index is 0.0287. The number of Topliss-reactive ketones (excluding diaryl/α,β-unsaturated/α-hetero) is 1. The van der Waals surface area contributed by atoms with Gasteiger partial charge in [-0.25, -0.2) is 0 Å². The topological polar surface area (TPSA) is 69.4 Å². The Hall–Kier alpha value is -2.95. The summed E-state index contributed by atoms with van der Waals surface area (Å²) in [5, 5.41) is 11.1. The van der Waals surface area contributed by atoms with Crippen LogP contribution in [0.5, 0.6) is 5.75 Å². The quantitative estimate of drug-likeness (QED) is 0.479. The highest BCUT2D eigenvalue weighted by molar-refractivity contribution is 6.14. The molecular weight excluding hydrogens is 294 g/mol. The van der Waals surface area contributed by atoms with E-state index in [0.717, 1.165) is 11.1 Å². The maximum atomic E-state index is 12.7. The summed E-state index contributed by atoms with van der Waals surface area (Å²) in [6.45, 7) is 3.93. The molecule has 1 aliphatic rings. The van der Waals surface area contributed by atoms with Crippen LogP contribution in [0.3, 0.4) is 0 Å². The SMILES string of the molecule is Cc1cc(C)c2c(c1)C(=O)/C(=C\c1ccccc1[N+](=O)[O-])CO2. The lowest BCUT2D eigenvalue weighted by Crippen LogP contribution is -2.20. The average Bonchev–Trinajstić information content (AvgIpc) is 2.51. The Kier molecular flexibility index (Phi) is 3.70. The number of benzene rings is 2. The molecule has 0 fully saturated rings. The third kappa shape index (κ3) is 2.73. The molecular formula is C18H15NO4. The van der Waals surface area contributed by atoms with Crippen LogP contribution in [0.1, 0.15) is 27.0 Å². The maximum absolute atomic E-state index is 12.7. The van der Waals surface area contributed by atoms with E-state index >= 15 is 0 Å². The molecule has 0 radical (unpaired) electrons. The summed E-state index contributed by atoms with van der Waals surface area (Å²) in [7, 11) is 0. The summed E-state index contributed by atoms with van der Waals surface area (Å²) in [5.41, 5.74) is 3.19. The van der Waals surface area contributed by atoms with Crippen molar-refractivity contribution in [2.75, 3.05) is 6.61 Å². The van der Waals surface area contributed by atoms with E-state index in [4.69, 9.17) is 4.74 Å². The first-order valence-corrected chi connectivity index (χ1v) is 7.20. The van der Waals surface area contributed by atoms with Crippen molar-refractivity contribution in [2.45, 2.75) is 13.8 Å². The molecule has 0 bridgehead atoms. The van der Waals surface area contributed by atoms with Crippen molar-refractivity contribution in [3.8, 4) is 5.75 Å². The number of nitro benzene ring substituents is 1. The van der Waals surface area contributed by atoms with Gasteiger partial charge in [-0.3, -0.25) is 14.9 Å². The van der Waals surface area contributed by atoms with Gasteiger partial charge in [-0.1, -0.05) is 18.2 Å². The normalized spacial score (nSPS) is 15.2. The van der Waals surface area contributed by atoms with Gasteiger partial charge >= 0.3 is 0 Å². The number of carbonyl (C=O) groups excluding carboxylic acids is 1. The maximum Gasteiger partial charge on any atom is 0.276 e. The van der Waals surface area contributed by atoms with Crippen LogP contribution in [0.2, 0.25) is 0 Å². The number of hydrogen-bond donors (Lipinski definition) is 0. The van der Waals surface area contributed by atoms with Crippen molar-refractivity contribution in [3.63, 3.8) is 0 Å². The van der Waals surface area contributed by atoms with E-state index in [1.807, 2.05) is 19.9 Å². The zero-order valence-electron chi connectivity index (χ0n) is 12.8. The van der Waals surface area contributed by atoms with Crippen molar-refractivity contribution in [1.29, 1.82) is 0 Å². The highest BCUT2D eigenvalue weighted by Crippen LogP contribution is 2.33. The molecule has 0 aliphatic carbocycles. The van der Waals surface area contributed by atoms with Crippen LogP contribution in [-0.2, 0) is 0 Å². The molecule has 0 amide bonds. The number of carbonyl (C=O) groups is 1. The molecule has 2 aromatic rings. The Morgan fingerprint density at radius 3 is 2.70 bits per heavy atom. The number of nitrogens with zero attached hydrogens (tertiary/aromatic N) is 1. The predicted octanol–water partition coefficient (Wildman–Crippen LogP) is 3.87. The predicted molar refractivity (Wildman–Crippen MR) is 86.8 cm³/mol. The fraction of sp³-hybridized carbons (Fsp3) is 0.167. The van der Waals surface area contributed by atoms with Crippen LogP contribution in [0, 0.1) is 24.0 Å². The van der Waals surface area contributed by atoms with Gasteiger partial charge < -0.3 is 4.74 Å². The zero-order valence-corrected chi connectivity index (χ0v) is 12.8. The Morgan fingerprint density at radius 2 is 1.96 bits per heavy atom. The molecule has 3 rings (SSSR count). The molecule has 0 unspecified atom stereocenters. The molecule has 5 heteroatoms. The smallest absolute Gasteiger partial charge is 0.276 e. The lowest BCUT2D eigenvalue weighted by molar-refractivity contribution is -0.385. The standard InChI is InChI=1S/C18H15NO4/c1-11-7-12(2)18-15(8-11)17(20)14(10-23-18)9-13-5-3-4-6-16(13)19(21)22/h3-9H,10H2,1-2H3/b14-9-. The second-order valence-corrected chi connectivity index (χ2v) is 5.56. The third-order valence-corrected chi connectivity index (χ3v) is 3.79. The van der Waals surface area contributed by atoms with Crippen LogP contribution in [0.25, 0.3) is 6.08 Å². The molecule has 1 aliphatic heterocycles. The van der Waals surface area contributed by atoms with Crippen molar-refractivity contribution in [1.82, 2.24) is 0 Å². The number of ether oxygens (including phenoxy) is 1. The van der Waals surface area contributed by atoms with E-state index in [2.05, 4.69) is 0 Å². The van der Waals surface area contributed by atoms with Crippen molar-refractivity contribution >= 4 is 17.5 Å². The Labute approximate surface area is 133 Å². The van der Waals surface area contributed by atoms with E-state index in [9.17, 15) is 14.9 Å². The summed E-state index contributed by atoms with van der Waals surface area (Å²) < 4.78 is 5.71. The molecule has 116 valence electrons. The van der Waals surface area contributed by atoms with E-state index in [0.29, 0.717) is 22.4 Å². The fourth-order valence-corrected chi connectivity index (χ4v) is 2.77. The van der Waals surface area contributed by atoms with Gasteiger partial charge in [0, 0.05) is 11.6 Å². The number of nitro groups is 1. The van der Waals surface area contributed by atoms with Crippen LogP contribution < -0.4 is 4.74 Å². The largest absolute Gasteiger partial charge is 0.488 e. The fourth-order valence-electron chi connectivity index (χ4n) is 2.77. The van der Waals surface area contributed by atoms with Gasteiger partial charge in [0.15, 0.2) is 5.78 Å². The number of para-hydroxylation sites is 1. The first-order valence-electron chi connectivity index (χ1n) is 7.20. The van der Waals surface area contributed by atoms with Crippen LogP contribution >= 0.6 is 0 Å².